The summed E-state index contributed by atoms with van der Waals surface area (Å²) in [5.41, 5.74) is 9.95. The summed E-state index contributed by atoms with van der Waals surface area (Å²) in [5.74, 6) is 0.562. The van der Waals surface area contributed by atoms with Crippen LogP contribution in [0.25, 0.3) is 60.4 Å². The fourth-order valence-corrected chi connectivity index (χ4v) is 5.64. The van der Waals surface area contributed by atoms with Crippen LogP contribution in [0, 0.1) is 0 Å². The Morgan fingerprint density at radius 3 is 2.06 bits per heavy atom. The molecule has 0 aliphatic rings. The molecule has 36 heavy (non-hydrogen) atoms. The average molecular weight is 465 g/mol. The van der Waals surface area contributed by atoms with E-state index in [4.69, 9.17) is 0 Å². The molecule has 0 bridgehead atoms. The lowest BCUT2D eigenvalue weighted by Crippen LogP contribution is -1.92. The van der Waals surface area contributed by atoms with Gasteiger partial charge in [0.15, 0.2) is 0 Å². The Morgan fingerprint density at radius 2 is 1.25 bits per heavy atom. The molecular weight excluding hydrogens is 436 g/mol. The van der Waals surface area contributed by atoms with Crippen molar-refractivity contribution in [3.05, 3.63) is 115 Å². The smallest absolute Gasteiger partial charge is 0.0541 e. The van der Waals surface area contributed by atoms with Gasteiger partial charge in [-0.2, -0.15) is 0 Å². The van der Waals surface area contributed by atoms with Crippen molar-refractivity contribution in [3.8, 4) is 16.8 Å². The van der Waals surface area contributed by atoms with Gasteiger partial charge in [-0.05, 0) is 83.6 Å². The van der Waals surface area contributed by atoms with E-state index in [0.29, 0.717) is 5.92 Å². The van der Waals surface area contributed by atoms with Crippen LogP contribution in [0.2, 0.25) is 0 Å². The first kappa shape index (κ1) is 21.0. The topological polar surface area (TPSA) is 20.7 Å². The zero-order valence-corrected chi connectivity index (χ0v) is 20.6. The molecule has 7 rings (SSSR count). The van der Waals surface area contributed by atoms with Crippen molar-refractivity contribution in [2.75, 3.05) is 0 Å². The maximum absolute atomic E-state index is 3.61. The highest BCUT2D eigenvalue weighted by Crippen LogP contribution is 2.37. The molecule has 1 atom stereocenters. The van der Waals surface area contributed by atoms with Crippen molar-refractivity contribution >= 4 is 43.6 Å². The first-order chi connectivity index (χ1) is 17.7. The van der Waals surface area contributed by atoms with Crippen LogP contribution in [0.1, 0.15) is 31.7 Å². The van der Waals surface area contributed by atoms with Crippen LogP contribution in [-0.2, 0) is 0 Å². The van der Waals surface area contributed by atoms with E-state index in [-0.39, 0.29) is 0 Å². The van der Waals surface area contributed by atoms with Gasteiger partial charge in [-0.1, -0.05) is 68.4 Å². The molecule has 0 spiro atoms. The van der Waals surface area contributed by atoms with E-state index in [1.165, 1.54) is 66.0 Å². The molecule has 0 aliphatic heterocycles. The first-order valence-corrected chi connectivity index (χ1v) is 12.9. The molecule has 0 aliphatic carbocycles. The minimum Gasteiger partial charge on any atom is -0.355 e. The van der Waals surface area contributed by atoms with Gasteiger partial charge in [-0.3, -0.25) is 0 Å². The molecule has 2 heterocycles. The molecule has 0 saturated heterocycles. The number of hydrogen-bond donors (Lipinski definition) is 1. The number of aromatic nitrogens is 2. The number of rotatable bonds is 4. The summed E-state index contributed by atoms with van der Waals surface area (Å²) in [7, 11) is 0. The number of nitrogens with zero attached hydrogens (tertiary/aromatic N) is 1. The van der Waals surface area contributed by atoms with Crippen molar-refractivity contribution in [1.29, 1.82) is 0 Å². The molecule has 0 saturated carbocycles. The summed E-state index contributed by atoms with van der Waals surface area (Å²) in [5, 5.41) is 5.17. The van der Waals surface area contributed by atoms with E-state index >= 15 is 0 Å². The Morgan fingerprint density at radius 1 is 0.611 bits per heavy atom. The molecule has 174 valence electrons. The average Bonchev–Trinajstić information content (AvgIpc) is 3.47. The highest BCUT2D eigenvalue weighted by atomic mass is 15.0. The standard InChI is InChI=1S/C34H28N2/c1-3-22(2)23-13-16-31-28(19-23)29-20-24(14-17-32(29)35-31)25-15-18-34-30(21-25)27-11-7-8-12-33(27)36(34)26-9-5-4-6-10-26/h4-22,35H,3H2,1-2H3. The van der Waals surface area contributed by atoms with Crippen LogP contribution in [0.5, 0.6) is 0 Å². The van der Waals surface area contributed by atoms with Gasteiger partial charge in [0, 0.05) is 38.3 Å². The van der Waals surface area contributed by atoms with Gasteiger partial charge >= 0.3 is 0 Å². The van der Waals surface area contributed by atoms with Crippen LogP contribution in [-0.4, -0.2) is 9.55 Å². The van der Waals surface area contributed by atoms with Gasteiger partial charge in [-0.25, -0.2) is 0 Å². The predicted octanol–water partition coefficient (Wildman–Crippen LogP) is 9.60. The van der Waals surface area contributed by atoms with Crippen molar-refractivity contribution in [3.63, 3.8) is 0 Å². The summed E-state index contributed by atoms with van der Waals surface area (Å²) in [6.07, 6.45) is 1.15. The highest BCUT2D eigenvalue weighted by Gasteiger charge is 2.14. The van der Waals surface area contributed by atoms with Crippen molar-refractivity contribution in [2.45, 2.75) is 26.2 Å². The fourth-order valence-electron chi connectivity index (χ4n) is 5.64. The lowest BCUT2D eigenvalue weighted by molar-refractivity contribution is 0.735. The third-order valence-electron chi connectivity index (χ3n) is 7.82. The zero-order valence-electron chi connectivity index (χ0n) is 20.6. The SMILES string of the molecule is CCC(C)c1ccc2[nH]c3ccc(-c4ccc5c(c4)c4ccccc4n5-c4ccccc4)cc3c2c1. The monoisotopic (exact) mass is 464 g/mol. The molecule has 1 unspecified atom stereocenters. The molecule has 7 aromatic rings. The second-order valence-electron chi connectivity index (χ2n) is 9.92. The Balaban J connectivity index is 1.43. The zero-order chi connectivity index (χ0) is 24.2. The van der Waals surface area contributed by atoms with Crippen LogP contribution < -0.4 is 0 Å². The predicted molar refractivity (Wildman–Crippen MR) is 154 cm³/mol. The molecule has 0 amide bonds. The van der Waals surface area contributed by atoms with E-state index in [2.05, 4.69) is 133 Å². The van der Waals surface area contributed by atoms with Crippen molar-refractivity contribution < 1.29 is 0 Å². The normalized spacial score (nSPS) is 12.7. The second-order valence-corrected chi connectivity index (χ2v) is 9.92. The van der Waals surface area contributed by atoms with E-state index in [1.54, 1.807) is 0 Å². The van der Waals surface area contributed by atoms with E-state index < -0.39 is 0 Å². The molecule has 1 N–H and O–H groups in total. The van der Waals surface area contributed by atoms with Crippen LogP contribution in [0.4, 0.5) is 0 Å². The van der Waals surface area contributed by atoms with E-state index in [9.17, 15) is 0 Å². The second kappa shape index (κ2) is 8.13. The summed E-state index contributed by atoms with van der Waals surface area (Å²) in [6, 6.07) is 40.0. The van der Waals surface area contributed by atoms with Crippen LogP contribution in [0.15, 0.2) is 109 Å². The summed E-state index contributed by atoms with van der Waals surface area (Å²) >= 11 is 0. The number of nitrogens with one attached hydrogen (secondary N) is 1. The Kier molecular flexibility index (Phi) is 4.75. The third-order valence-corrected chi connectivity index (χ3v) is 7.82. The number of hydrogen-bond acceptors (Lipinski definition) is 0. The van der Waals surface area contributed by atoms with Gasteiger partial charge in [0.05, 0.1) is 11.0 Å². The molecular formula is C34H28N2. The summed E-state index contributed by atoms with van der Waals surface area (Å²) in [4.78, 5) is 3.61. The first-order valence-electron chi connectivity index (χ1n) is 12.9. The Hall–Kier alpha value is -4.30. The Bertz CT molecular complexity index is 1890. The van der Waals surface area contributed by atoms with Gasteiger partial charge in [-0.15, -0.1) is 0 Å². The number of fused-ring (bicyclic) bond motifs is 6. The Labute approximate surface area is 210 Å². The number of para-hydroxylation sites is 2. The van der Waals surface area contributed by atoms with E-state index in [1.807, 2.05) is 0 Å². The number of H-pyrrole nitrogens is 1. The molecule has 5 aromatic carbocycles. The lowest BCUT2D eigenvalue weighted by Gasteiger charge is -2.09. The molecule has 2 nitrogen and oxygen atoms in total. The van der Waals surface area contributed by atoms with Gasteiger partial charge < -0.3 is 9.55 Å². The largest absolute Gasteiger partial charge is 0.355 e. The lowest BCUT2D eigenvalue weighted by atomic mass is 9.96. The fraction of sp³-hybridized carbons (Fsp3) is 0.118. The third kappa shape index (κ3) is 3.18. The summed E-state index contributed by atoms with van der Waals surface area (Å²) in [6.45, 7) is 4.57. The van der Waals surface area contributed by atoms with Crippen molar-refractivity contribution in [1.82, 2.24) is 9.55 Å². The quantitative estimate of drug-likeness (QED) is 0.268. The molecule has 2 aromatic heterocycles. The maximum Gasteiger partial charge on any atom is 0.0541 e. The minimum atomic E-state index is 0.562. The van der Waals surface area contributed by atoms with Gasteiger partial charge in [0.2, 0.25) is 0 Å². The molecule has 2 heteroatoms. The number of benzene rings is 5. The van der Waals surface area contributed by atoms with E-state index in [0.717, 1.165) is 6.42 Å². The van der Waals surface area contributed by atoms with Crippen LogP contribution >= 0.6 is 0 Å². The van der Waals surface area contributed by atoms with Gasteiger partial charge in [0.25, 0.3) is 0 Å². The molecule has 0 radical (unpaired) electrons. The van der Waals surface area contributed by atoms with Crippen molar-refractivity contribution in [2.24, 2.45) is 0 Å². The van der Waals surface area contributed by atoms with Gasteiger partial charge in [0.1, 0.15) is 0 Å². The summed E-state index contributed by atoms with van der Waals surface area (Å²) < 4.78 is 2.37. The highest BCUT2D eigenvalue weighted by molar-refractivity contribution is 6.12. The maximum atomic E-state index is 3.61. The number of aromatic amines is 1. The minimum absolute atomic E-state index is 0.562. The molecule has 0 fully saturated rings. The van der Waals surface area contributed by atoms with Crippen LogP contribution in [0.3, 0.4) is 0 Å².